The van der Waals surface area contributed by atoms with Crippen molar-refractivity contribution in [3.05, 3.63) is 35.4 Å². The number of hydrogen-bond donors (Lipinski definition) is 1. The predicted octanol–water partition coefficient (Wildman–Crippen LogP) is 3.42. The van der Waals surface area contributed by atoms with Crippen LogP contribution in [0.1, 0.15) is 32.3 Å². The Labute approximate surface area is 121 Å². The number of rotatable bonds is 8. The van der Waals surface area contributed by atoms with Gasteiger partial charge in [0.15, 0.2) is 0 Å². The Kier molecular flexibility index (Phi) is 7.10. The molecule has 1 rings (SSSR count). The number of nitrogens with zero attached hydrogens (tertiary/aromatic N) is 1. The molecule has 0 spiro atoms. The van der Waals surface area contributed by atoms with Gasteiger partial charge in [-0.05, 0) is 37.7 Å². The Bertz CT molecular complexity index is 383. The van der Waals surface area contributed by atoms with Gasteiger partial charge >= 0.3 is 0 Å². The highest BCUT2D eigenvalue weighted by Gasteiger charge is 2.19. The third kappa shape index (κ3) is 5.17. The maximum absolute atomic E-state index is 13.1. The van der Waals surface area contributed by atoms with Gasteiger partial charge < -0.3 is 10.2 Å². The van der Waals surface area contributed by atoms with Crippen molar-refractivity contribution in [2.24, 2.45) is 5.92 Å². The molecule has 0 aromatic heterocycles. The van der Waals surface area contributed by atoms with Crippen molar-refractivity contribution in [2.45, 2.75) is 39.3 Å². The molecule has 1 atom stereocenters. The molecule has 114 valence electrons. The first-order valence-electron chi connectivity index (χ1n) is 7.30. The summed E-state index contributed by atoms with van der Waals surface area (Å²) < 4.78 is 26.2. The van der Waals surface area contributed by atoms with Gasteiger partial charge in [0.25, 0.3) is 0 Å². The zero-order valence-corrected chi connectivity index (χ0v) is 12.9. The standard InChI is InChI=1S/C16H26F2N2/c1-5-13(6-2)16(20(3)4)11-19-10-12-7-14(17)9-15(18)8-12/h7-9,13,16,19H,5-6,10-11H2,1-4H3. The molecule has 2 nitrogen and oxygen atoms in total. The molecule has 0 heterocycles. The van der Waals surface area contributed by atoms with E-state index in [0.29, 0.717) is 24.1 Å². The molecular formula is C16H26F2N2. The fourth-order valence-corrected chi connectivity index (χ4v) is 2.68. The highest BCUT2D eigenvalue weighted by atomic mass is 19.1. The van der Waals surface area contributed by atoms with Gasteiger partial charge in [0.2, 0.25) is 0 Å². The van der Waals surface area contributed by atoms with Crippen LogP contribution in [0.3, 0.4) is 0 Å². The minimum atomic E-state index is -0.522. The predicted molar refractivity (Wildman–Crippen MR) is 79.6 cm³/mol. The molecule has 0 aliphatic heterocycles. The van der Waals surface area contributed by atoms with Gasteiger partial charge in [-0.3, -0.25) is 0 Å². The van der Waals surface area contributed by atoms with E-state index >= 15 is 0 Å². The Hall–Kier alpha value is -1.00. The summed E-state index contributed by atoms with van der Waals surface area (Å²) in [6.45, 7) is 5.70. The number of halogens is 2. The van der Waals surface area contributed by atoms with Gasteiger partial charge in [-0.1, -0.05) is 26.7 Å². The summed E-state index contributed by atoms with van der Waals surface area (Å²) in [4.78, 5) is 2.22. The Morgan fingerprint density at radius 2 is 1.60 bits per heavy atom. The highest BCUT2D eigenvalue weighted by molar-refractivity contribution is 5.17. The first-order chi connectivity index (χ1) is 9.47. The molecule has 0 aliphatic carbocycles. The largest absolute Gasteiger partial charge is 0.311 e. The number of hydrogen-bond acceptors (Lipinski definition) is 2. The van der Waals surface area contributed by atoms with Crippen molar-refractivity contribution in [1.82, 2.24) is 10.2 Å². The van der Waals surface area contributed by atoms with Gasteiger partial charge in [0, 0.05) is 25.2 Å². The van der Waals surface area contributed by atoms with Crippen LogP contribution in [-0.2, 0) is 6.54 Å². The second-order valence-electron chi connectivity index (χ2n) is 5.52. The van der Waals surface area contributed by atoms with E-state index in [1.165, 1.54) is 12.1 Å². The third-order valence-corrected chi connectivity index (χ3v) is 3.86. The molecule has 0 amide bonds. The van der Waals surface area contributed by atoms with Crippen LogP contribution in [0.15, 0.2) is 18.2 Å². The zero-order chi connectivity index (χ0) is 15.1. The normalized spacial score (nSPS) is 13.2. The van der Waals surface area contributed by atoms with Crippen molar-refractivity contribution < 1.29 is 8.78 Å². The van der Waals surface area contributed by atoms with E-state index in [1.807, 2.05) is 0 Å². The van der Waals surface area contributed by atoms with Crippen molar-refractivity contribution in [3.63, 3.8) is 0 Å². The first kappa shape index (κ1) is 17.1. The lowest BCUT2D eigenvalue weighted by molar-refractivity contribution is 0.194. The molecule has 0 aliphatic rings. The summed E-state index contributed by atoms with van der Waals surface area (Å²) in [5.41, 5.74) is 0.643. The Morgan fingerprint density at radius 3 is 2.05 bits per heavy atom. The molecule has 20 heavy (non-hydrogen) atoms. The van der Waals surface area contributed by atoms with E-state index in [9.17, 15) is 8.78 Å². The molecular weight excluding hydrogens is 258 g/mol. The fourth-order valence-electron chi connectivity index (χ4n) is 2.68. The topological polar surface area (TPSA) is 15.3 Å². The third-order valence-electron chi connectivity index (χ3n) is 3.86. The first-order valence-corrected chi connectivity index (χ1v) is 7.30. The van der Waals surface area contributed by atoms with Gasteiger partial charge in [0.1, 0.15) is 11.6 Å². The number of benzene rings is 1. The van der Waals surface area contributed by atoms with E-state index in [0.717, 1.165) is 25.5 Å². The molecule has 0 fully saturated rings. The van der Waals surface area contributed by atoms with Crippen LogP contribution in [0.4, 0.5) is 8.78 Å². The van der Waals surface area contributed by atoms with Gasteiger partial charge in [-0.15, -0.1) is 0 Å². The van der Waals surface area contributed by atoms with Crippen LogP contribution < -0.4 is 5.32 Å². The average molecular weight is 284 g/mol. The summed E-state index contributed by atoms with van der Waals surface area (Å²) in [6.07, 6.45) is 2.27. The Balaban J connectivity index is 2.55. The second kappa shape index (κ2) is 8.32. The van der Waals surface area contributed by atoms with Crippen molar-refractivity contribution >= 4 is 0 Å². The lowest BCUT2D eigenvalue weighted by Crippen LogP contribution is -2.42. The van der Waals surface area contributed by atoms with Gasteiger partial charge in [-0.2, -0.15) is 0 Å². The monoisotopic (exact) mass is 284 g/mol. The molecule has 1 aromatic rings. The van der Waals surface area contributed by atoms with Crippen LogP contribution >= 0.6 is 0 Å². The van der Waals surface area contributed by atoms with E-state index in [1.54, 1.807) is 0 Å². The molecule has 0 bridgehead atoms. The summed E-state index contributed by atoms with van der Waals surface area (Å²) in [5, 5.41) is 3.31. The molecule has 1 unspecified atom stereocenters. The van der Waals surface area contributed by atoms with E-state index in [2.05, 4.69) is 38.2 Å². The lowest BCUT2D eigenvalue weighted by Gasteiger charge is -2.31. The summed E-state index contributed by atoms with van der Waals surface area (Å²) in [7, 11) is 4.15. The van der Waals surface area contributed by atoms with Crippen molar-refractivity contribution in [2.75, 3.05) is 20.6 Å². The van der Waals surface area contributed by atoms with Crippen LogP contribution in [-0.4, -0.2) is 31.6 Å². The van der Waals surface area contributed by atoms with Gasteiger partial charge in [0.05, 0.1) is 0 Å². The molecule has 0 saturated carbocycles. The van der Waals surface area contributed by atoms with Gasteiger partial charge in [-0.25, -0.2) is 8.78 Å². The minimum absolute atomic E-state index is 0.434. The van der Waals surface area contributed by atoms with Crippen LogP contribution in [0.2, 0.25) is 0 Å². The van der Waals surface area contributed by atoms with E-state index in [4.69, 9.17) is 0 Å². The SMILES string of the molecule is CCC(CC)C(CNCc1cc(F)cc(F)c1)N(C)C. The molecule has 0 saturated heterocycles. The summed E-state index contributed by atoms with van der Waals surface area (Å²) >= 11 is 0. The van der Waals surface area contributed by atoms with Crippen LogP contribution in [0.5, 0.6) is 0 Å². The van der Waals surface area contributed by atoms with Crippen molar-refractivity contribution in [1.29, 1.82) is 0 Å². The average Bonchev–Trinajstić information content (AvgIpc) is 2.36. The molecule has 1 aromatic carbocycles. The zero-order valence-electron chi connectivity index (χ0n) is 12.9. The number of likely N-dealkylation sites (N-methyl/N-ethyl adjacent to an activating group) is 1. The Morgan fingerprint density at radius 1 is 1.05 bits per heavy atom. The fraction of sp³-hybridized carbons (Fsp3) is 0.625. The minimum Gasteiger partial charge on any atom is -0.311 e. The molecule has 4 heteroatoms. The molecule has 1 N–H and O–H groups in total. The summed E-state index contributed by atoms with van der Waals surface area (Å²) in [6, 6.07) is 4.08. The lowest BCUT2D eigenvalue weighted by atomic mass is 9.93. The smallest absolute Gasteiger partial charge is 0.126 e. The summed E-state index contributed by atoms with van der Waals surface area (Å²) in [5.74, 6) is -0.418. The van der Waals surface area contributed by atoms with E-state index in [-0.39, 0.29) is 0 Å². The maximum atomic E-state index is 13.1. The quantitative estimate of drug-likeness (QED) is 0.787. The van der Waals surface area contributed by atoms with Crippen molar-refractivity contribution in [3.8, 4) is 0 Å². The van der Waals surface area contributed by atoms with E-state index < -0.39 is 11.6 Å². The van der Waals surface area contributed by atoms with Crippen LogP contribution in [0.25, 0.3) is 0 Å². The number of nitrogens with one attached hydrogen (secondary N) is 1. The highest BCUT2D eigenvalue weighted by Crippen LogP contribution is 2.16. The second-order valence-corrected chi connectivity index (χ2v) is 5.52. The molecule has 0 radical (unpaired) electrons. The van der Waals surface area contributed by atoms with Crippen LogP contribution in [0, 0.1) is 17.6 Å². The maximum Gasteiger partial charge on any atom is 0.126 e.